The van der Waals surface area contributed by atoms with Crippen LogP contribution in [0.15, 0.2) is 0 Å². The van der Waals surface area contributed by atoms with Crippen LogP contribution in [0.3, 0.4) is 0 Å². The van der Waals surface area contributed by atoms with Crippen molar-refractivity contribution < 1.29 is 35.7 Å². The molecule has 0 aliphatic rings. The molecule has 0 spiro atoms. The first-order valence-electron chi connectivity index (χ1n) is 0.783. The molecule has 0 heterocycles. The summed E-state index contributed by atoms with van der Waals surface area (Å²) in [5.41, 5.74) is 0. The summed E-state index contributed by atoms with van der Waals surface area (Å²) in [4.78, 5) is 22.7. The SMILES string of the molecule is OP(O)(O)=S.[Pt]. The molecule has 6 heavy (non-hydrogen) atoms. The van der Waals surface area contributed by atoms with Gasteiger partial charge in [0.1, 0.15) is 0 Å². The molecule has 3 N–H and O–H groups in total. The smallest absolute Gasteiger partial charge is 0.319 e. The summed E-state index contributed by atoms with van der Waals surface area (Å²) in [6.07, 6.45) is 0. The minimum Gasteiger partial charge on any atom is -0.325 e. The van der Waals surface area contributed by atoms with Gasteiger partial charge in [-0.15, -0.1) is 0 Å². The third-order valence-electron chi connectivity index (χ3n) is 0. The fourth-order valence-electron chi connectivity index (χ4n) is 0. The van der Waals surface area contributed by atoms with E-state index in [1.807, 2.05) is 0 Å². The number of hydrogen-bond acceptors (Lipinski definition) is 1. The Morgan fingerprint density at radius 1 is 1.17 bits per heavy atom. The fourth-order valence-corrected chi connectivity index (χ4v) is 0. The first-order chi connectivity index (χ1) is 2.00. The summed E-state index contributed by atoms with van der Waals surface area (Å²) < 4.78 is 0. The Morgan fingerprint density at radius 3 is 1.17 bits per heavy atom. The summed E-state index contributed by atoms with van der Waals surface area (Å²) in [6.45, 7) is -3.81. The molecule has 42 valence electrons. The van der Waals surface area contributed by atoms with Crippen LogP contribution in [-0.4, -0.2) is 14.7 Å². The summed E-state index contributed by atoms with van der Waals surface area (Å²) in [7, 11) is 0. The monoisotopic (exact) mass is 309 g/mol. The normalized spacial score (nSPS) is 9.83. The van der Waals surface area contributed by atoms with E-state index in [1.54, 1.807) is 0 Å². The zero-order valence-electron chi connectivity index (χ0n) is 2.51. The minimum atomic E-state index is -3.81. The van der Waals surface area contributed by atoms with E-state index in [-0.39, 0.29) is 21.1 Å². The maximum Gasteiger partial charge on any atom is 0.319 e. The Balaban J connectivity index is 0. The van der Waals surface area contributed by atoms with Gasteiger partial charge in [-0.05, 0) is 11.8 Å². The van der Waals surface area contributed by atoms with Crippen molar-refractivity contribution in [3.63, 3.8) is 0 Å². The standard InChI is InChI=1S/H3O3PS.Pt/c1-4(2,3)5;/h(H3,1,2,3,5);. The molecule has 0 aliphatic heterocycles. The Kier molecular flexibility index (Phi) is 5.55. The Morgan fingerprint density at radius 2 is 1.17 bits per heavy atom. The van der Waals surface area contributed by atoms with Crippen molar-refractivity contribution in [2.75, 3.05) is 0 Å². The minimum absolute atomic E-state index is 0. The second kappa shape index (κ2) is 3.25. The van der Waals surface area contributed by atoms with Crippen LogP contribution in [0.1, 0.15) is 0 Å². The van der Waals surface area contributed by atoms with E-state index >= 15 is 0 Å². The first kappa shape index (κ1) is 10.2. The van der Waals surface area contributed by atoms with Gasteiger partial charge in [0.05, 0.1) is 0 Å². The summed E-state index contributed by atoms with van der Waals surface area (Å²) in [6, 6.07) is 0. The number of hydrogen-bond donors (Lipinski definition) is 3. The Bertz CT molecular complexity index is 56.9. The van der Waals surface area contributed by atoms with E-state index in [0.29, 0.717) is 0 Å². The van der Waals surface area contributed by atoms with Gasteiger partial charge in [0.15, 0.2) is 0 Å². The largest absolute Gasteiger partial charge is 0.325 e. The molecule has 3 nitrogen and oxygen atoms in total. The molecule has 6 heteroatoms. The van der Waals surface area contributed by atoms with Crippen molar-refractivity contribution >= 4 is 18.5 Å². The molecule has 0 saturated carbocycles. The van der Waals surface area contributed by atoms with E-state index in [4.69, 9.17) is 14.7 Å². The van der Waals surface area contributed by atoms with Crippen molar-refractivity contribution in [1.29, 1.82) is 0 Å². The van der Waals surface area contributed by atoms with Gasteiger partial charge in [0, 0.05) is 21.1 Å². The summed E-state index contributed by atoms with van der Waals surface area (Å²) in [5, 5.41) is 0. The van der Waals surface area contributed by atoms with Crippen LogP contribution in [0, 0.1) is 0 Å². The van der Waals surface area contributed by atoms with Crippen molar-refractivity contribution in [3.8, 4) is 0 Å². The predicted molar refractivity (Wildman–Crippen MR) is 20.9 cm³/mol. The van der Waals surface area contributed by atoms with E-state index in [0.717, 1.165) is 0 Å². The fraction of sp³-hybridized carbons (Fsp3) is 0. The van der Waals surface area contributed by atoms with E-state index in [2.05, 4.69) is 11.8 Å². The van der Waals surface area contributed by atoms with Crippen LogP contribution in [0.5, 0.6) is 0 Å². The molecule has 0 aromatic carbocycles. The second-order valence-corrected chi connectivity index (χ2v) is 3.01. The van der Waals surface area contributed by atoms with Gasteiger partial charge in [-0.2, -0.15) is 0 Å². The van der Waals surface area contributed by atoms with Gasteiger partial charge in [-0.3, -0.25) is 0 Å². The number of rotatable bonds is 0. The molecule has 0 unspecified atom stereocenters. The van der Waals surface area contributed by atoms with Crippen LogP contribution in [0.2, 0.25) is 0 Å². The van der Waals surface area contributed by atoms with Gasteiger partial charge in [0.25, 0.3) is 0 Å². The topological polar surface area (TPSA) is 60.7 Å². The Labute approximate surface area is 54.5 Å². The van der Waals surface area contributed by atoms with E-state index < -0.39 is 6.72 Å². The molecular weight excluding hydrogens is 306 g/mol. The maximum atomic E-state index is 7.56. The molecule has 0 aromatic rings. The third kappa shape index (κ3) is 62.6. The van der Waals surface area contributed by atoms with Gasteiger partial charge in [-0.25, -0.2) is 0 Å². The quantitative estimate of drug-likeness (QED) is 0.512. The van der Waals surface area contributed by atoms with Crippen LogP contribution < -0.4 is 0 Å². The van der Waals surface area contributed by atoms with Crippen molar-refractivity contribution in [1.82, 2.24) is 0 Å². The molecule has 0 aromatic heterocycles. The summed E-state index contributed by atoms with van der Waals surface area (Å²) >= 11 is 3.60. The van der Waals surface area contributed by atoms with Gasteiger partial charge >= 0.3 is 6.72 Å². The maximum absolute atomic E-state index is 7.56. The molecule has 0 saturated heterocycles. The van der Waals surface area contributed by atoms with Crippen molar-refractivity contribution in [2.24, 2.45) is 0 Å². The molecular formula is H3O3PPtS. The first-order valence-corrected chi connectivity index (χ1v) is 3.44. The molecule has 0 radical (unpaired) electrons. The van der Waals surface area contributed by atoms with Gasteiger partial charge in [-0.1, -0.05) is 0 Å². The van der Waals surface area contributed by atoms with Crippen LogP contribution >= 0.6 is 6.72 Å². The van der Waals surface area contributed by atoms with Crippen molar-refractivity contribution in [3.05, 3.63) is 0 Å². The summed E-state index contributed by atoms with van der Waals surface area (Å²) in [5.74, 6) is 0. The molecule has 0 aliphatic carbocycles. The van der Waals surface area contributed by atoms with Gasteiger partial charge < -0.3 is 14.7 Å². The van der Waals surface area contributed by atoms with E-state index in [1.165, 1.54) is 0 Å². The average Bonchev–Trinajstić information content (AvgIpc) is 0.722. The van der Waals surface area contributed by atoms with Crippen LogP contribution in [-0.2, 0) is 32.9 Å². The molecule has 0 atom stereocenters. The zero-order valence-corrected chi connectivity index (χ0v) is 6.50. The predicted octanol–water partition coefficient (Wildman–Crippen LogP) is -0.815. The van der Waals surface area contributed by atoms with Crippen molar-refractivity contribution in [2.45, 2.75) is 0 Å². The van der Waals surface area contributed by atoms with Crippen LogP contribution in [0.4, 0.5) is 0 Å². The molecule has 0 rings (SSSR count). The molecule has 0 bridgehead atoms. The zero-order chi connectivity index (χ0) is 4.50. The molecule has 0 fully saturated rings. The van der Waals surface area contributed by atoms with Gasteiger partial charge in [0.2, 0.25) is 0 Å². The van der Waals surface area contributed by atoms with Crippen LogP contribution in [0.25, 0.3) is 0 Å². The Hall–Kier alpha value is 1.22. The van der Waals surface area contributed by atoms with E-state index in [9.17, 15) is 0 Å². The second-order valence-electron chi connectivity index (χ2n) is 0.513. The molecule has 0 amide bonds. The third-order valence-corrected chi connectivity index (χ3v) is 0. The average molecular weight is 309 g/mol.